The third kappa shape index (κ3) is 4.48. The van der Waals surface area contributed by atoms with Crippen molar-refractivity contribution in [1.82, 2.24) is 9.80 Å². The van der Waals surface area contributed by atoms with Crippen molar-refractivity contribution >= 4 is 35.0 Å². The Morgan fingerprint density at radius 3 is 2.39 bits per heavy atom. The van der Waals surface area contributed by atoms with Crippen molar-refractivity contribution < 1.29 is 19.1 Å². The first-order valence-electron chi connectivity index (χ1n) is 10.9. The average molecular weight is 470 g/mol. The van der Waals surface area contributed by atoms with E-state index in [1.54, 1.807) is 34.1 Å². The lowest BCUT2D eigenvalue weighted by Gasteiger charge is -2.41. The fourth-order valence-corrected chi connectivity index (χ4v) is 4.59. The van der Waals surface area contributed by atoms with E-state index in [0.717, 1.165) is 11.1 Å². The largest absolute Gasteiger partial charge is 0.371 e. The van der Waals surface area contributed by atoms with Crippen LogP contribution in [0.5, 0.6) is 0 Å². The zero-order valence-corrected chi connectivity index (χ0v) is 20.0. The zero-order chi connectivity index (χ0) is 23.9. The van der Waals surface area contributed by atoms with Gasteiger partial charge in [-0.15, -0.1) is 0 Å². The number of nitrogens with zero attached hydrogens (tertiary/aromatic N) is 2. The number of halogens is 1. The lowest BCUT2D eigenvalue weighted by Crippen LogP contribution is -2.61. The summed E-state index contributed by atoms with van der Waals surface area (Å²) in [7, 11) is 1.51. The Kier molecular flexibility index (Phi) is 6.20. The van der Waals surface area contributed by atoms with Crippen LogP contribution in [0.15, 0.2) is 42.5 Å². The number of methoxy groups -OCH3 is 1. The summed E-state index contributed by atoms with van der Waals surface area (Å²) in [5.41, 5.74) is 2.29. The molecule has 2 atom stereocenters. The highest BCUT2D eigenvalue weighted by Gasteiger charge is 2.43. The summed E-state index contributed by atoms with van der Waals surface area (Å²) >= 11 is 6.00. The number of anilines is 1. The molecule has 33 heavy (non-hydrogen) atoms. The van der Waals surface area contributed by atoms with E-state index in [-0.39, 0.29) is 30.8 Å². The normalized spacial score (nSPS) is 19.4. The Hall–Kier alpha value is -2.90. The van der Waals surface area contributed by atoms with Crippen molar-refractivity contribution in [1.29, 1.82) is 0 Å². The quantitative estimate of drug-likeness (QED) is 0.743. The van der Waals surface area contributed by atoms with Crippen molar-refractivity contribution in [2.45, 2.75) is 32.9 Å². The third-order valence-electron chi connectivity index (χ3n) is 6.19. The predicted octanol–water partition coefficient (Wildman–Crippen LogP) is 3.67. The molecule has 0 bridgehead atoms. The minimum atomic E-state index is -0.765. The van der Waals surface area contributed by atoms with Gasteiger partial charge in [-0.2, -0.15) is 0 Å². The van der Waals surface area contributed by atoms with Gasteiger partial charge < -0.3 is 19.9 Å². The molecule has 0 spiro atoms. The van der Waals surface area contributed by atoms with Crippen LogP contribution >= 0.6 is 11.6 Å². The summed E-state index contributed by atoms with van der Waals surface area (Å²) in [4.78, 5) is 42.8. The number of ether oxygens (including phenoxy) is 1. The van der Waals surface area contributed by atoms with Gasteiger partial charge in [0.1, 0.15) is 12.1 Å². The molecule has 0 saturated carbocycles. The van der Waals surface area contributed by atoms with Crippen molar-refractivity contribution in [3.05, 3.63) is 53.1 Å². The summed E-state index contributed by atoms with van der Waals surface area (Å²) in [6, 6.07) is 12.0. The number of fused-ring (bicyclic) bond motifs is 2. The monoisotopic (exact) mass is 469 g/mol. The smallest absolute Gasteiger partial charge is 0.256 e. The minimum Gasteiger partial charge on any atom is -0.371 e. The van der Waals surface area contributed by atoms with Crippen LogP contribution in [-0.2, 0) is 14.3 Å². The Morgan fingerprint density at radius 1 is 1.09 bits per heavy atom. The molecule has 0 aliphatic carbocycles. The number of rotatable bonds is 3. The first kappa shape index (κ1) is 23.3. The highest BCUT2D eigenvalue weighted by molar-refractivity contribution is 6.30. The molecule has 174 valence electrons. The Bertz CT molecular complexity index is 1090. The summed E-state index contributed by atoms with van der Waals surface area (Å²) in [6.45, 7) is 6.55. The molecule has 2 aromatic carbocycles. The van der Waals surface area contributed by atoms with Gasteiger partial charge in [0.25, 0.3) is 11.8 Å². The average Bonchev–Trinajstić information content (AvgIpc) is 2.88. The molecule has 2 aromatic rings. The van der Waals surface area contributed by atoms with E-state index in [1.165, 1.54) is 7.11 Å². The van der Waals surface area contributed by atoms with Crippen molar-refractivity contribution in [3.8, 4) is 11.1 Å². The predicted molar refractivity (Wildman–Crippen MR) is 127 cm³/mol. The third-order valence-corrected chi connectivity index (χ3v) is 6.44. The second kappa shape index (κ2) is 8.80. The van der Waals surface area contributed by atoms with Crippen LogP contribution in [0.25, 0.3) is 11.1 Å². The summed E-state index contributed by atoms with van der Waals surface area (Å²) in [5.74, 6) is -0.698. The van der Waals surface area contributed by atoms with Gasteiger partial charge in [0, 0.05) is 25.2 Å². The van der Waals surface area contributed by atoms with Gasteiger partial charge in [0.2, 0.25) is 5.91 Å². The number of nitrogens with one attached hydrogen (secondary N) is 1. The highest BCUT2D eigenvalue weighted by Crippen LogP contribution is 2.31. The van der Waals surface area contributed by atoms with Crippen LogP contribution in [0.2, 0.25) is 5.02 Å². The van der Waals surface area contributed by atoms with Gasteiger partial charge in [0.15, 0.2) is 0 Å². The van der Waals surface area contributed by atoms with E-state index in [4.69, 9.17) is 16.3 Å². The number of piperazine rings is 1. The summed E-state index contributed by atoms with van der Waals surface area (Å²) < 4.78 is 5.47. The number of carbonyl (C=O) groups excluding carboxylic acids is 3. The van der Waals surface area contributed by atoms with E-state index in [2.05, 4.69) is 5.32 Å². The van der Waals surface area contributed by atoms with Crippen LogP contribution in [0.1, 0.15) is 31.1 Å². The zero-order valence-electron chi connectivity index (χ0n) is 19.2. The first-order valence-corrected chi connectivity index (χ1v) is 11.3. The van der Waals surface area contributed by atoms with E-state index in [0.29, 0.717) is 22.8 Å². The molecule has 2 heterocycles. The van der Waals surface area contributed by atoms with Crippen molar-refractivity contribution in [2.24, 2.45) is 5.41 Å². The molecule has 1 fully saturated rings. The molecule has 4 rings (SSSR count). The van der Waals surface area contributed by atoms with Crippen LogP contribution in [0, 0.1) is 5.41 Å². The molecule has 1 N–H and O–H groups in total. The van der Waals surface area contributed by atoms with E-state index >= 15 is 0 Å². The molecule has 7 nitrogen and oxygen atoms in total. The number of benzene rings is 2. The molecule has 3 amide bonds. The molecule has 0 aromatic heterocycles. The van der Waals surface area contributed by atoms with Gasteiger partial charge in [-0.3, -0.25) is 14.4 Å². The molecule has 0 radical (unpaired) electrons. The Labute approximate surface area is 198 Å². The minimum absolute atomic E-state index is 0.129. The SMILES string of the molecule is COC(C(=O)N1CCN2C(=O)c3cc(-c4ccc(Cl)cc4)ccc3NC(=O)C2C1)C(C)(C)C. The lowest BCUT2D eigenvalue weighted by atomic mass is 9.88. The Balaban J connectivity index is 1.61. The second-order valence-corrected chi connectivity index (χ2v) is 9.97. The second-order valence-electron chi connectivity index (χ2n) is 9.54. The number of amides is 3. The molecule has 1 saturated heterocycles. The van der Waals surface area contributed by atoms with Crippen molar-refractivity contribution in [2.75, 3.05) is 32.1 Å². The van der Waals surface area contributed by atoms with Gasteiger partial charge in [0.05, 0.1) is 17.8 Å². The van der Waals surface area contributed by atoms with E-state index in [1.807, 2.05) is 39.0 Å². The highest BCUT2D eigenvalue weighted by atomic mass is 35.5. The van der Waals surface area contributed by atoms with Crippen LogP contribution in [0.4, 0.5) is 5.69 Å². The van der Waals surface area contributed by atoms with Gasteiger partial charge in [-0.05, 0) is 40.8 Å². The van der Waals surface area contributed by atoms with Gasteiger partial charge >= 0.3 is 0 Å². The standard InChI is InChI=1S/C25H28ClN3O4/c1-25(2,3)21(33-4)24(32)28-11-12-29-20(14-28)22(30)27-19-10-7-16(13-18(19)23(29)31)15-5-8-17(26)9-6-15/h5-10,13,20-21H,11-12,14H2,1-4H3,(H,27,30). The van der Waals surface area contributed by atoms with Gasteiger partial charge in [-0.1, -0.05) is 50.6 Å². The molecular weight excluding hydrogens is 442 g/mol. The maximum Gasteiger partial charge on any atom is 0.256 e. The molecule has 2 aliphatic heterocycles. The van der Waals surface area contributed by atoms with E-state index < -0.39 is 17.6 Å². The first-order chi connectivity index (χ1) is 15.6. The topological polar surface area (TPSA) is 79.0 Å². The molecular formula is C25H28ClN3O4. The number of hydrogen-bond acceptors (Lipinski definition) is 4. The maximum absolute atomic E-state index is 13.5. The molecule has 8 heteroatoms. The maximum atomic E-state index is 13.5. The Morgan fingerprint density at radius 2 is 1.76 bits per heavy atom. The molecule has 2 unspecified atom stereocenters. The fourth-order valence-electron chi connectivity index (χ4n) is 4.46. The number of hydrogen-bond donors (Lipinski definition) is 1. The molecule has 2 aliphatic rings. The fraction of sp³-hybridized carbons (Fsp3) is 0.400. The number of carbonyl (C=O) groups is 3. The van der Waals surface area contributed by atoms with Gasteiger partial charge in [-0.25, -0.2) is 0 Å². The van der Waals surface area contributed by atoms with E-state index in [9.17, 15) is 14.4 Å². The van der Waals surface area contributed by atoms with Crippen molar-refractivity contribution in [3.63, 3.8) is 0 Å². The lowest BCUT2D eigenvalue weighted by molar-refractivity contribution is -0.151. The van der Waals surface area contributed by atoms with Crippen LogP contribution < -0.4 is 5.32 Å². The summed E-state index contributed by atoms with van der Waals surface area (Å²) in [5, 5.41) is 3.51. The van der Waals surface area contributed by atoms with Crippen LogP contribution in [-0.4, -0.2) is 66.4 Å². The summed E-state index contributed by atoms with van der Waals surface area (Å²) in [6.07, 6.45) is -0.632. The van der Waals surface area contributed by atoms with Crippen LogP contribution in [0.3, 0.4) is 0 Å².